The zero-order valence-electron chi connectivity index (χ0n) is 27.6. The molecule has 0 N–H and O–H groups in total. The van der Waals surface area contributed by atoms with Crippen LogP contribution in [0.15, 0.2) is 192 Å². The lowest BCUT2D eigenvalue weighted by atomic mass is 10.0. The molecule has 0 aliphatic rings. The van der Waals surface area contributed by atoms with Gasteiger partial charge in [0.05, 0.1) is 22.4 Å². The third-order valence-corrected chi connectivity index (χ3v) is 9.79. The molecule has 0 aliphatic carbocycles. The van der Waals surface area contributed by atoms with E-state index in [1.54, 1.807) is 0 Å². The first-order valence-electron chi connectivity index (χ1n) is 17.2. The minimum absolute atomic E-state index is 0.598. The molecule has 0 unspecified atom stereocenters. The second-order valence-electron chi connectivity index (χ2n) is 12.8. The molecule has 0 saturated carbocycles. The van der Waals surface area contributed by atoms with Gasteiger partial charge >= 0.3 is 0 Å². The van der Waals surface area contributed by atoms with E-state index in [2.05, 4.69) is 167 Å². The molecule has 4 nitrogen and oxygen atoms in total. The van der Waals surface area contributed by atoms with Crippen LogP contribution in [0.4, 0.5) is 17.1 Å². The standard InChI is InChI=1S/C47H31N3O/c1-4-16-32(17-5-1)37-23-12-14-26-41(37)50(36-28-29-43-40(31-36)39-25-13-15-27-42(39)49(43)35-21-8-3-9-22-35)44-30-34-20-10-11-24-38(34)45-46(44)51-47(48-45)33-18-6-2-7-19-33/h1-31H. The van der Waals surface area contributed by atoms with Crippen LogP contribution in [0, 0.1) is 0 Å². The minimum Gasteiger partial charge on any atom is -0.434 e. The molecular weight excluding hydrogens is 623 g/mol. The van der Waals surface area contributed by atoms with Crippen molar-refractivity contribution in [1.82, 2.24) is 9.55 Å². The lowest BCUT2D eigenvalue weighted by Crippen LogP contribution is -2.12. The summed E-state index contributed by atoms with van der Waals surface area (Å²) >= 11 is 0. The number of benzene rings is 8. The second kappa shape index (κ2) is 11.9. The first kappa shape index (κ1) is 29.0. The van der Waals surface area contributed by atoms with E-state index >= 15 is 0 Å². The van der Waals surface area contributed by atoms with E-state index < -0.39 is 0 Å². The van der Waals surface area contributed by atoms with Crippen LogP contribution in [-0.2, 0) is 0 Å². The summed E-state index contributed by atoms with van der Waals surface area (Å²) < 4.78 is 9.18. The summed E-state index contributed by atoms with van der Waals surface area (Å²) in [5.74, 6) is 0.598. The SMILES string of the molecule is c1ccc(-c2nc3c(o2)c(N(c2ccc4c(c2)c2ccccc2n4-c2ccccc2)c2ccccc2-c2ccccc2)cc2ccccc23)cc1. The minimum atomic E-state index is 0.598. The van der Waals surface area contributed by atoms with Crippen LogP contribution in [0.5, 0.6) is 0 Å². The molecule has 0 atom stereocenters. The Hall–Kier alpha value is -6.91. The van der Waals surface area contributed by atoms with Gasteiger partial charge in [-0.3, -0.25) is 0 Å². The van der Waals surface area contributed by atoms with Crippen LogP contribution in [-0.4, -0.2) is 9.55 Å². The topological polar surface area (TPSA) is 34.2 Å². The average Bonchev–Trinajstić information content (AvgIpc) is 3.80. The predicted molar refractivity (Wildman–Crippen MR) is 211 cm³/mol. The van der Waals surface area contributed by atoms with E-state index in [-0.39, 0.29) is 0 Å². The van der Waals surface area contributed by atoms with Crippen molar-refractivity contribution in [3.63, 3.8) is 0 Å². The lowest BCUT2D eigenvalue weighted by Gasteiger charge is -2.28. The molecule has 8 aromatic carbocycles. The van der Waals surface area contributed by atoms with E-state index in [1.165, 1.54) is 16.3 Å². The van der Waals surface area contributed by atoms with E-state index in [4.69, 9.17) is 9.40 Å². The molecule has 10 aromatic rings. The Morgan fingerprint density at radius 2 is 1.10 bits per heavy atom. The Morgan fingerprint density at radius 3 is 1.90 bits per heavy atom. The Morgan fingerprint density at radius 1 is 0.471 bits per heavy atom. The quantitative estimate of drug-likeness (QED) is 0.179. The van der Waals surface area contributed by atoms with Gasteiger partial charge in [-0.05, 0) is 71.6 Å². The van der Waals surface area contributed by atoms with Gasteiger partial charge < -0.3 is 13.9 Å². The number of aromatic nitrogens is 2. The van der Waals surface area contributed by atoms with Crippen molar-refractivity contribution in [2.24, 2.45) is 0 Å². The number of rotatable bonds is 6. The van der Waals surface area contributed by atoms with Crippen molar-refractivity contribution in [2.75, 3.05) is 4.90 Å². The molecule has 4 heteroatoms. The number of nitrogens with zero attached hydrogens (tertiary/aromatic N) is 3. The number of para-hydroxylation sites is 3. The molecule has 2 heterocycles. The van der Waals surface area contributed by atoms with Gasteiger partial charge in [-0.1, -0.05) is 127 Å². The van der Waals surface area contributed by atoms with Gasteiger partial charge in [-0.25, -0.2) is 4.98 Å². The number of fused-ring (bicyclic) bond motifs is 6. The summed E-state index contributed by atoms with van der Waals surface area (Å²) in [6, 6.07) is 66.1. The first-order chi connectivity index (χ1) is 25.3. The van der Waals surface area contributed by atoms with E-state index in [0.29, 0.717) is 5.89 Å². The highest BCUT2D eigenvalue weighted by molar-refractivity contribution is 6.14. The molecule has 0 bridgehead atoms. The van der Waals surface area contributed by atoms with Gasteiger partial charge in [0, 0.05) is 38.7 Å². The molecule has 0 saturated heterocycles. The number of anilines is 3. The number of hydrogen-bond donors (Lipinski definition) is 0. The van der Waals surface area contributed by atoms with Crippen molar-refractivity contribution in [2.45, 2.75) is 0 Å². The van der Waals surface area contributed by atoms with Crippen molar-refractivity contribution in [3.8, 4) is 28.3 Å². The van der Waals surface area contributed by atoms with Crippen LogP contribution >= 0.6 is 0 Å². The third kappa shape index (κ3) is 4.80. The highest BCUT2D eigenvalue weighted by Gasteiger charge is 2.25. The van der Waals surface area contributed by atoms with Crippen molar-refractivity contribution >= 4 is 60.7 Å². The normalized spacial score (nSPS) is 11.5. The highest BCUT2D eigenvalue weighted by Crippen LogP contribution is 2.47. The van der Waals surface area contributed by atoms with Crippen molar-refractivity contribution in [3.05, 3.63) is 188 Å². The number of hydrogen-bond acceptors (Lipinski definition) is 3. The maximum atomic E-state index is 6.83. The Kier molecular flexibility index (Phi) is 6.78. The Bertz CT molecular complexity index is 2850. The monoisotopic (exact) mass is 653 g/mol. The van der Waals surface area contributed by atoms with Crippen LogP contribution in [0.2, 0.25) is 0 Å². The van der Waals surface area contributed by atoms with Crippen LogP contribution < -0.4 is 4.90 Å². The maximum Gasteiger partial charge on any atom is 0.227 e. The zero-order chi connectivity index (χ0) is 33.7. The predicted octanol–water partition coefficient (Wildman–Crippen LogP) is 12.9. The molecule has 0 fully saturated rings. The second-order valence-corrected chi connectivity index (χ2v) is 12.8. The first-order valence-corrected chi connectivity index (χ1v) is 17.2. The van der Waals surface area contributed by atoms with E-state index in [9.17, 15) is 0 Å². The molecule has 0 spiro atoms. The third-order valence-electron chi connectivity index (χ3n) is 9.79. The molecule has 10 rings (SSSR count). The van der Waals surface area contributed by atoms with Gasteiger partial charge in [0.2, 0.25) is 5.89 Å². The van der Waals surface area contributed by atoms with Gasteiger partial charge in [0.25, 0.3) is 0 Å². The summed E-state index contributed by atoms with van der Waals surface area (Å²) in [6.45, 7) is 0. The maximum absolute atomic E-state index is 6.83. The molecule has 0 radical (unpaired) electrons. The Labute approximate surface area is 295 Å². The fourth-order valence-electron chi connectivity index (χ4n) is 7.49. The van der Waals surface area contributed by atoms with Gasteiger partial charge in [0.15, 0.2) is 5.58 Å². The van der Waals surface area contributed by atoms with Crippen LogP contribution in [0.25, 0.3) is 71.9 Å². The average molecular weight is 654 g/mol. The Balaban J connectivity index is 1.30. The molecule has 0 amide bonds. The van der Waals surface area contributed by atoms with Crippen molar-refractivity contribution in [1.29, 1.82) is 0 Å². The molecule has 0 aliphatic heterocycles. The molecule has 240 valence electrons. The largest absolute Gasteiger partial charge is 0.434 e. The summed E-state index contributed by atoms with van der Waals surface area (Å²) in [7, 11) is 0. The summed E-state index contributed by atoms with van der Waals surface area (Å²) in [6.07, 6.45) is 0. The molecule has 51 heavy (non-hydrogen) atoms. The highest BCUT2D eigenvalue weighted by atomic mass is 16.3. The van der Waals surface area contributed by atoms with Gasteiger partial charge in [-0.15, -0.1) is 0 Å². The summed E-state index contributed by atoms with van der Waals surface area (Å²) in [5.41, 5.74) is 11.2. The number of oxazole rings is 1. The zero-order valence-corrected chi connectivity index (χ0v) is 27.6. The van der Waals surface area contributed by atoms with E-state index in [1.807, 2.05) is 30.3 Å². The fraction of sp³-hybridized carbons (Fsp3) is 0. The van der Waals surface area contributed by atoms with Crippen LogP contribution in [0.3, 0.4) is 0 Å². The smallest absolute Gasteiger partial charge is 0.227 e. The lowest BCUT2D eigenvalue weighted by molar-refractivity contribution is 0.620. The summed E-state index contributed by atoms with van der Waals surface area (Å²) in [5, 5.41) is 4.52. The fourth-order valence-corrected chi connectivity index (χ4v) is 7.49. The molecule has 2 aromatic heterocycles. The van der Waals surface area contributed by atoms with E-state index in [0.717, 1.165) is 66.8 Å². The van der Waals surface area contributed by atoms with Gasteiger partial charge in [0.1, 0.15) is 5.52 Å². The molecular formula is C47H31N3O. The summed E-state index contributed by atoms with van der Waals surface area (Å²) in [4.78, 5) is 7.51. The van der Waals surface area contributed by atoms with Crippen molar-refractivity contribution < 1.29 is 4.42 Å². The van der Waals surface area contributed by atoms with Crippen LogP contribution in [0.1, 0.15) is 0 Å². The van der Waals surface area contributed by atoms with Gasteiger partial charge in [-0.2, -0.15) is 0 Å².